The summed E-state index contributed by atoms with van der Waals surface area (Å²) >= 11 is 0. The van der Waals surface area contributed by atoms with Crippen molar-refractivity contribution in [1.82, 2.24) is 0 Å². The van der Waals surface area contributed by atoms with E-state index in [1.165, 1.54) is 36.0 Å². The Labute approximate surface area is 167 Å². The zero-order valence-corrected chi connectivity index (χ0v) is 18.8. The van der Waals surface area contributed by atoms with Crippen LogP contribution in [0, 0.1) is 5.92 Å². The first kappa shape index (κ1) is 23.8. The van der Waals surface area contributed by atoms with Crippen LogP contribution >= 0.6 is 0 Å². The van der Waals surface area contributed by atoms with Gasteiger partial charge < -0.3 is 14.6 Å². The molecule has 0 aromatic heterocycles. The molecule has 0 spiro atoms. The second-order valence-electron chi connectivity index (χ2n) is 8.86. The van der Waals surface area contributed by atoms with Crippen LogP contribution < -0.4 is 0 Å². The van der Waals surface area contributed by atoms with Gasteiger partial charge in [0.25, 0.3) is 0 Å². The van der Waals surface area contributed by atoms with E-state index in [2.05, 4.69) is 33.8 Å². The van der Waals surface area contributed by atoms with Crippen LogP contribution in [0.5, 0.6) is 0 Å². The molecular weight excluding hydrogens is 336 g/mol. The Hall–Kier alpha value is -1.22. The fraction of sp³-hybridized carbons (Fsp3) is 0.750. The van der Waals surface area contributed by atoms with E-state index in [0.29, 0.717) is 0 Å². The molecule has 1 aliphatic rings. The van der Waals surface area contributed by atoms with Crippen molar-refractivity contribution < 1.29 is 14.6 Å². The van der Waals surface area contributed by atoms with E-state index >= 15 is 0 Å². The first-order valence-electron chi connectivity index (χ1n) is 10.5. The fourth-order valence-electron chi connectivity index (χ4n) is 3.65. The highest BCUT2D eigenvalue weighted by Gasteiger charge is 2.24. The van der Waals surface area contributed by atoms with Crippen molar-refractivity contribution in [3.63, 3.8) is 0 Å². The number of hydrogen-bond donors (Lipinski definition) is 1. The zero-order chi connectivity index (χ0) is 20.4. The van der Waals surface area contributed by atoms with Crippen molar-refractivity contribution >= 4 is 0 Å². The van der Waals surface area contributed by atoms with Gasteiger partial charge in [0.2, 0.25) is 0 Å². The molecule has 0 radical (unpaired) electrons. The van der Waals surface area contributed by atoms with Crippen LogP contribution in [-0.2, 0) is 9.47 Å². The van der Waals surface area contributed by atoms with Gasteiger partial charge in [-0.1, -0.05) is 43.1 Å². The van der Waals surface area contributed by atoms with Crippen LogP contribution in [0.1, 0.15) is 92.4 Å². The predicted molar refractivity (Wildman–Crippen MR) is 115 cm³/mol. The molecule has 1 N–H and O–H groups in total. The standard InChI is InChI=1S/C24H42O3/c1-18(2)10-8-11-19(3)12-9-14-24(5,25)15-13-21-17-23(27-7)22(26-6)16-20(21)4/h12,18,25H,8-11,13-17H2,1-7H3. The third-order valence-electron chi connectivity index (χ3n) is 5.70. The molecule has 1 rings (SSSR count). The molecule has 156 valence electrons. The fourth-order valence-corrected chi connectivity index (χ4v) is 3.65. The highest BCUT2D eigenvalue weighted by Crippen LogP contribution is 2.34. The lowest BCUT2D eigenvalue weighted by Crippen LogP contribution is -2.24. The minimum absolute atomic E-state index is 0.625. The molecule has 0 fully saturated rings. The molecule has 3 nitrogen and oxygen atoms in total. The maximum Gasteiger partial charge on any atom is 0.137 e. The van der Waals surface area contributed by atoms with Gasteiger partial charge in [0.05, 0.1) is 19.8 Å². The summed E-state index contributed by atoms with van der Waals surface area (Å²) in [6, 6.07) is 0. The van der Waals surface area contributed by atoms with Crippen molar-refractivity contribution in [2.75, 3.05) is 14.2 Å². The summed E-state index contributed by atoms with van der Waals surface area (Å²) in [5.74, 6) is 2.64. The van der Waals surface area contributed by atoms with Gasteiger partial charge in [0, 0.05) is 12.8 Å². The second-order valence-corrected chi connectivity index (χ2v) is 8.86. The normalized spacial score (nSPS) is 18.2. The van der Waals surface area contributed by atoms with Gasteiger partial charge in [-0.25, -0.2) is 0 Å². The van der Waals surface area contributed by atoms with E-state index in [0.717, 1.165) is 56.0 Å². The summed E-state index contributed by atoms with van der Waals surface area (Å²) in [5, 5.41) is 10.8. The van der Waals surface area contributed by atoms with Crippen LogP contribution in [0.3, 0.4) is 0 Å². The molecule has 0 heterocycles. The maximum atomic E-state index is 10.8. The van der Waals surface area contributed by atoms with Gasteiger partial charge in [0.1, 0.15) is 11.5 Å². The number of hydrogen-bond acceptors (Lipinski definition) is 3. The van der Waals surface area contributed by atoms with Crippen LogP contribution in [0.15, 0.2) is 34.3 Å². The van der Waals surface area contributed by atoms with Gasteiger partial charge in [-0.05, 0) is 65.2 Å². The van der Waals surface area contributed by atoms with Gasteiger partial charge in [-0.3, -0.25) is 0 Å². The number of rotatable bonds is 12. The summed E-state index contributed by atoms with van der Waals surface area (Å²) in [6.45, 7) is 10.9. The average Bonchev–Trinajstić information content (AvgIpc) is 2.59. The molecule has 1 aliphatic carbocycles. The number of methoxy groups -OCH3 is 2. The Morgan fingerprint density at radius 1 is 1.15 bits per heavy atom. The number of ether oxygens (including phenoxy) is 2. The minimum Gasteiger partial charge on any atom is -0.497 e. The van der Waals surface area contributed by atoms with Gasteiger partial charge in [0.15, 0.2) is 0 Å². The smallest absolute Gasteiger partial charge is 0.137 e. The predicted octanol–water partition coefficient (Wildman–Crippen LogP) is 6.69. The second kappa shape index (κ2) is 11.6. The molecular formula is C24H42O3. The monoisotopic (exact) mass is 378 g/mol. The quantitative estimate of drug-likeness (QED) is 0.385. The van der Waals surface area contributed by atoms with E-state index in [-0.39, 0.29) is 0 Å². The zero-order valence-electron chi connectivity index (χ0n) is 18.8. The van der Waals surface area contributed by atoms with E-state index < -0.39 is 5.60 Å². The van der Waals surface area contributed by atoms with Crippen molar-refractivity contribution in [2.24, 2.45) is 5.92 Å². The molecule has 0 amide bonds. The third kappa shape index (κ3) is 9.01. The number of aliphatic hydroxyl groups is 1. The molecule has 0 saturated heterocycles. The first-order chi connectivity index (χ1) is 12.7. The average molecular weight is 379 g/mol. The summed E-state index contributed by atoms with van der Waals surface area (Å²) in [7, 11) is 3.41. The van der Waals surface area contributed by atoms with Crippen molar-refractivity contribution in [3.8, 4) is 0 Å². The molecule has 1 atom stereocenters. The van der Waals surface area contributed by atoms with E-state index in [1.54, 1.807) is 14.2 Å². The Balaban J connectivity index is 2.45. The highest BCUT2D eigenvalue weighted by molar-refractivity contribution is 5.29. The lowest BCUT2D eigenvalue weighted by Gasteiger charge is -2.27. The van der Waals surface area contributed by atoms with Crippen LogP contribution in [0.2, 0.25) is 0 Å². The SMILES string of the molecule is COC1=C(OC)CC(CCC(C)(O)CCC=C(C)CCCC(C)C)=C(C)C1. The lowest BCUT2D eigenvalue weighted by atomic mass is 9.86. The Kier molecular flexibility index (Phi) is 10.2. The van der Waals surface area contributed by atoms with E-state index in [1.807, 2.05) is 6.92 Å². The molecule has 0 saturated carbocycles. The summed E-state index contributed by atoms with van der Waals surface area (Å²) in [6.07, 6.45) is 11.2. The molecule has 0 bridgehead atoms. The molecule has 0 aliphatic heterocycles. The topological polar surface area (TPSA) is 38.7 Å². The third-order valence-corrected chi connectivity index (χ3v) is 5.70. The minimum atomic E-state index is -0.625. The largest absolute Gasteiger partial charge is 0.497 e. The highest BCUT2D eigenvalue weighted by atomic mass is 16.5. The van der Waals surface area contributed by atoms with Crippen LogP contribution in [-0.4, -0.2) is 24.9 Å². The first-order valence-corrected chi connectivity index (χ1v) is 10.5. The molecule has 1 unspecified atom stereocenters. The van der Waals surface area contributed by atoms with Gasteiger partial charge in [-0.15, -0.1) is 0 Å². The Bertz CT molecular complexity index is 550. The van der Waals surface area contributed by atoms with Crippen molar-refractivity contribution in [3.05, 3.63) is 34.3 Å². The Morgan fingerprint density at radius 3 is 2.37 bits per heavy atom. The summed E-state index contributed by atoms with van der Waals surface area (Å²) in [5.41, 5.74) is 3.57. The van der Waals surface area contributed by atoms with E-state index in [4.69, 9.17) is 9.47 Å². The maximum absolute atomic E-state index is 10.8. The lowest BCUT2D eigenvalue weighted by molar-refractivity contribution is 0.0428. The van der Waals surface area contributed by atoms with Crippen LogP contribution in [0.4, 0.5) is 0 Å². The van der Waals surface area contributed by atoms with Gasteiger partial charge in [-0.2, -0.15) is 0 Å². The molecule has 0 aromatic carbocycles. The summed E-state index contributed by atoms with van der Waals surface area (Å²) in [4.78, 5) is 0. The van der Waals surface area contributed by atoms with Gasteiger partial charge >= 0.3 is 0 Å². The molecule has 27 heavy (non-hydrogen) atoms. The number of allylic oxidation sites excluding steroid dienone is 4. The molecule has 3 heteroatoms. The van der Waals surface area contributed by atoms with E-state index in [9.17, 15) is 5.11 Å². The van der Waals surface area contributed by atoms with Crippen molar-refractivity contribution in [2.45, 2.75) is 98.0 Å². The molecule has 0 aromatic rings. The summed E-state index contributed by atoms with van der Waals surface area (Å²) < 4.78 is 10.9. The Morgan fingerprint density at radius 2 is 1.78 bits per heavy atom. The van der Waals surface area contributed by atoms with Crippen LogP contribution in [0.25, 0.3) is 0 Å². The van der Waals surface area contributed by atoms with Crippen molar-refractivity contribution in [1.29, 1.82) is 0 Å².